The van der Waals surface area contributed by atoms with E-state index in [1.54, 1.807) is 30.3 Å². The van der Waals surface area contributed by atoms with Crippen LogP contribution in [0.25, 0.3) is 0 Å². The van der Waals surface area contributed by atoms with E-state index in [0.717, 1.165) is 5.56 Å². The maximum absolute atomic E-state index is 12.2. The summed E-state index contributed by atoms with van der Waals surface area (Å²) in [6, 6.07) is 14.1. The van der Waals surface area contributed by atoms with E-state index < -0.39 is 6.36 Å². The third-order valence-electron chi connectivity index (χ3n) is 4.37. The number of nitrogens with one attached hydrogen (secondary N) is 1. The first kappa shape index (κ1) is 23.2. The number of hydrogen-bond acceptors (Lipinski definition) is 5. The number of anilines is 1. The molecule has 0 spiro atoms. The van der Waals surface area contributed by atoms with E-state index in [0.29, 0.717) is 22.9 Å². The van der Waals surface area contributed by atoms with Crippen LogP contribution in [0.15, 0.2) is 59.1 Å². The highest BCUT2D eigenvalue weighted by Gasteiger charge is 2.30. The fraction of sp³-hybridized carbons (Fsp3) is 0.304. The van der Waals surface area contributed by atoms with Crippen LogP contribution >= 0.6 is 0 Å². The molecule has 1 heterocycles. The molecule has 2 aromatic carbocycles. The van der Waals surface area contributed by atoms with Crippen molar-refractivity contribution in [2.24, 2.45) is 0 Å². The lowest BCUT2D eigenvalue weighted by atomic mass is 9.93. The number of nitrogens with zero attached hydrogens (tertiary/aromatic N) is 1. The number of ether oxygens (including phenoxy) is 2. The fourth-order valence-electron chi connectivity index (χ4n) is 2.72. The van der Waals surface area contributed by atoms with Gasteiger partial charge in [0.25, 0.3) is 0 Å². The molecule has 0 aliphatic carbocycles. The van der Waals surface area contributed by atoms with Crippen molar-refractivity contribution in [3.05, 3.63) is 71.5 Å². The van der Waals surface area contributed by atoms with Gasteiger partial charge in [0.1, 0.15) is 23.9 Å². The van der Waals surface area contributed by atoms with Crippen LogP contribution in [-0.2, 0) is 23.2 Å². The Kier molecular flexibility index (Phi) is 6.76. The van der Waals surface area contributed by atoms with Crippen LogP contribution in [0, 0.1) is 0 Å². The Morgan fingerprint density at radius 1 is 0.969 bits per heavy atom. The number of benzene rings is 2. The normalized spacial score (nSPS) is 11.8. The van der Waals surface area contributed by atoms with E-state index in [9.17, 15) is 18.0 Å². The topological polar surface area (TPSA) is 73.6 Å². The van der Waals surface area contributed by atoms with Crippen molar-refractivity contribution < 1.29 is 32.0 Å². The Labute approximate surface area is 183 Å². The van der Waals surface area contributed by atoms with Gasteiger partial charge in [-0.1, -0.05) is 50.2 Å². The zero-order valence-corrected chi connectivity index (χ0v) is 17.8. The molecule has 0 saturated heterocycles. The number of carbonyl (C=O) groups excluding carboxylic acids is 1. The molecular formula is C23H23F3N2O4. The summed E-state index contributed by atoms with van der Waals surface area (Å²) in [4.78, 5) is 12.2. The summed E-state index contributed by atoms with van der Waals surface area (Å²) in [5.41, 5.74) is 1.26. The second kappa shape index (κ2) is 9.33. The van der Waals surface area contributed by atoms with Crippen molar-refractivity contribution in [2.45, 2.75) is 45.6 Å². The Balaban J connectivity index is 1.48. The van der Waals surface area contributed by atoms with Crippen molar-refractivity contribution in [1.29, 1.82) is 0 Å². The van der Waals surface area contributed by atoms with Crippen LogP contribution in [0.5, 0.6) is 11.5 Å². The van der Waals surface area contributed by atoms with E-state index in [2.05, 4.69) is 15.2 Å². The van der Waals surface area contributed by atoms with E-state index >= 15 is 0 Å². The molecule has 170 valence electrons. The molecule has 3 rings (SSSR count). The number of alkyl halides is 3. The van der Waals surface area contributed by atoms with Gasteiger partial charge in [0, 0.05) is 11.5 Å². The molecule has 3 aromatic rings. The fourth-order valence-corrected chi connectivity index (χ4v) is 2.72. The molecular weight excluding hydrogens is 425 g/mol. The van der Waals surface area contributed by atoms with E-state index in [-0.39, 0.29) is 30.1 Å². The SMILES string of the molecule is CC(C)(C)c1cc(NC(=O)Cc2ccc(OCc3ccc(OC(F)(F)F)cc3)cc2)no1. The minimum atomic E-state index is -4.72. The van der Waals surface area contributed by atoms with Crippen LogP contribution in [0.1, 0.15) is 37.7 Å². The summed E-state index contributed by atoms with van der Waals surface area (Å²) in [7, 11) is 0. The van der Waals surface area contributed by atoms with Crippen molar-refractivity contribution in [3.63, 3.8) is 0 Å². The molecule has 0 fully saturated rings. The van der Waals surface area contributed by atoms with Gasteiger partial charge in [0.2, 0.25) is 5.91 Å². The number of hydrogen-bond donors (Lipinski definition) is 1. The predicted molar refractivity (Wildman–Crippen MR) is 111 cm³/mol. The van der Waals surface area contributed by atoms with Gasteiger partial charge in [-0.3, -0.25) is 4.79 Å². The summed E-state index contributed by atoms with van der Waals surface area (Å²) in [6.45, 7) is 6.13. The Bertz CT molecular complexity index is 1040. The third-order valence-corrected chi connectivity index (χ3v) is 4.37. The lowest BCUT2D eigenvalue weighted by Crippen LogP contribution is -2.17. The standard InChI is InChI=1S/C23H23F3N2O4/c1-22(2,3)19-13-20(28-32-19)27-21(29)12-15-4-8-17(9-5-15)30-14-16-6-10-18(11-7-16)31-23(24,25)26/h4-11,13H,12,14H2,1-3H3,(H,27,28,29). The monoisotopic (exact) mass is 448 g/mol. The summed E-state index contributed by atoms with van der Waals surface area (Å²) < 4.78 is 51.3. The van der Waals surface area contributed by atoms with Crippen molar-refractivity contribution in [2.75, 3.05) is 5.32 Å². The van der Waals surface area contributed by atoms with E-state index in [1.807, 2.05) is 20.8 Å². The average Bonchev–Trinajstić information content (AvgIpc) is 3.16. The zero-order valence-electron chi connectivity index (χ0n) is 17.8. The maximum atomic E-state index is 12.2. The molecule has 0 bridgehead atoms. The van der Waals surface area contributed by atoms with E-state index in [4.69, 9.17) is 9.26 Å². The molecule has 1 N–H and O–H groups in total. The molecule has 0 atom stereocenters. The van der Waals surface area contributed by atoms with Gasteiger partial charge < -0.3 is 19.3 Å². The molecule has 6 nitrogen and oxygen atoms in total. The molecule has 1 amide bonds. The zero-order chi connectivity index (χ0) is 23.4. The molecule has 0 aliphatic heterocycles. The van der Waals surface area contributed by atoms with Crippen molar-refractivity contribution in [3.8, 4) is 11.5 Å². The van der Waals surface area contributed by atoms with Crippen LogP contribution < -0.4 is 14.8 Å². The number of aromatic nitrogens is 1. The lowest BCUT2D eigenvalue weighted by Gasteiger charge is -2.12. The molecule has 1 aromatic heterocycles. The molecule has 0 unspecified atom stereocenters. The smallest absolute Gasteiger partial charge is 0.489 e. The Morgan fingerprint density at radius 2 is 1.56 bits per heavy atom. The number of halogens is 3. The van der Waals surface area contributed by atoms with Gasteiger partial charge in [-0.15, -0.1) is 13.2 Å². The van der Waals surface area contributed by atoms with Gasteiger partial charge in [0.15, 0.2) is 5.82 Å². The largest absolute Gasteiger partial charge is 0.573 e. The van der Waals surface area contributed by atoms with Gasteiger partial charge in [-0.2, -0.15) is 0 Å². The minimum Gasteiger partial charge on any atom is -0.489 e. The van der Waals surface area contributed by atoms with E-state index in [1.165, 1.54) is 24.3 Å². The second-order valence-corrected chi connectivity index (χ2v) is 8.18. The van der Waals surface area contributed by atoms with Crippen LogP contribution in [0.3, 0.4) is 0 Å². The molecule has 0 radical (unpaired) electrons. The minimum absolute atomic E-state index is 0.151. The highest BCUT2D eigenvalue weighted by molar-refractivity contribution is 5.91. The third kappa shape index (κ3) is 7.04. The first-order chi connectivity index (χ1) is 15.0. The summed E-state index contributed by atoms with van der Waals surface area (Å²) in [5.74, 6) is 1.09. The lowest BCUT2D eigenvalue weighted by molar-refractivity contribution is -0.274. The summed E-state index contributed by atoms with van der Waals surface area (Å²) in [5, 5.41) is 6.57. The summed E-state index contributed by atoms with van der Waals surface area (Å²) >= 11 is 0. The van der Waals surface area contributed by atoms with Crippen LogP contribution in [0.2, 0.25) is 0 Å². The first-order valence-corrected chi connectivity index (χ1v) is 9.81. The predicted octanol–water partition coefficient (Wildman–Crippen LogP) is 5.63. The van der Waals surface area contributed by atoms with Crippen molar-refractivity contribution >= 4 is 11.7 Å². The number of rotatable bonds is 7. The molecule has 0 aliphatic rings. The van der Waals surface area contributed by atoms with Gasteiger partial charge in [-0.25, -0.2) is 0 Å². The van der Waals surface area contributed by atoms with Crippen LogP contribution in [0.4, 0.5) is 19.0 Å². The summed E-state index contributed by atoms with van der Waals surface area (Å²) in [6.07, 6.45) is -4.57. The maximum Gasteiger partial charge on any atom is 0.573 e. The number of amides is 1. The highest BCUT2D eigenvalue weighted by atomic mass is 19.4. The van der Waals surface area contributed by atoms with Gasteiger partial charge in [0.05, 0.1) is 6.42 Å². The Morgan fingerprint density at radius 3 is 2.12 bits per heavy atom. The molecule has 9 heteroatoms. The molecule has 32 heavy (non-hydrogen) atoms. The van der Waals surface area contributed by atoms with Gasteiger partial charge >= 0.3 is 6.36 Å². The Hall–Kier alpha value is -3.49. The molecule has 0 saturated carbocycles. The van der Waals surface area contributed by atoms with Gasteiger partial charge in [-0.05, 0) is 35.4 Å². The van der Waals surface area contributed by atoms with Crippen molar-refractivity contribution in [1.82, 2.24) is 5.16 Å². The first-order valence-electron chi connectivity index (χ1n) is 9.81. The average molecular weight is 448 g/mol. The quantitative estimate of drug-likeness (QED) is 0.507. The number of carbonyl (C=O) groups is 1. The second-order valence-electron chi connectivity index (χ2n) is 8.18. The van der Waals surface area contributed by atoms with Crippen LogP contribution in [-0.4, -0.2) is 17.4 Å². The highest BCUT2D eigenvalue weighted by Crippen LogP contribution is 2.25.